The highest BCUT2D eigenvalue weighted by Gasteiger charge is 2.10. The van der Waals surface area contributed by atoms with E-state index in [-0.39, 0.29) is 5.91 Å². The van der Waals surface area contributed by atoms with E-state index < -0.39 is 0 Å². The predicted octanol–water partition coefficient (Wildman–Crippen LogP) is 2.07. The van der Waals surface area contributed by atoms with Crippen molar-refractivity contribution in [3.8, 4) is 0 Å². The standard InChI is InChI=1S/C14H21BrN2O2/c1-11-12(5-4-6-13(11)15)14(18)16-7-8-17(2)9-10-19-3/h4-6H,7-10H2,1-3H3,(H,16,18). The number of hydrogen-bond donors (Lipinski definition) is 1. The lowest BCUT2D eigenvalue weighted by Gasteiger charge is -2.16. The summed E-state index contributed by atoms with van der Waals surface area (Å²) in [5, 5.41) is 2.93. The van der Waals surface area contributed by atoms with Crippen LogP contribution >= 0.6 is 15.9 Å². The van der Waals surface area contributed by atoms with Gasteiger partial charge in [-0.2, -0.15) is 0 Å². The zero-order valence-corrected chi connectivity index (χ0v) is 13.3. The molecule has 0 saturated heterocycles. The highest BCUT2D eigenvalue weighted by Crippen LogP contribution is 2.19. The fourth-order valence-corrected chi connectivity index (χ4v) is 2.03. The van der Waals surface area contributed by atoms with Gasteiger partial charge in [0.1, 0.15) is 0 Å². The van der Waals surface area contributed by atoms with Gasteiger partial charge in [-0.15, -0.1) is 0 Å². The van der Waals surface area contributed by atoms with Gasteiger partial charge >= 0.3 is 0 Å². The number of ether oxygens (including phenoxy) is 1. The number of rotatable bonds is 7. The minimum atomic E-state index is -0.0288. The third-order valence-electron chi connectivity index (χ3n) is 2.97. The van der Waals surface area contributed by atoms with E-state index in [0.29, 0.717) is 18.7 Å². The van der Waals surface area contributed by atoms with Crippen molar-refractivity contribution in [2.24, 2.45) is 0 Å². The van der Waals surface area contributed by atoms with Crippen LogP contribution in [0.1, 0.15) is 15.9 Å². The summed E-state index contributed by atoms with van der Waals surface area (Å²) in [6.45, 7) is 4.94. The molecule has 0 unspecified atom stereocenters. The average Bonchev–Trinajstić information content (AvgIpc) is 2.39. The van der Waals surface area contributed by atoms with Crippen molar-refractivity contribution in [3.05, 3.63) is 33.8 Å². The van der Waals surface area contributed by atoms with Crippen LogP contribution in [0.3, 0.4) is 0 Å². The maximum Gasteiger partial charge on any atom is 0.251 e. The quantitative estimate of drug-likeness (QED) is 0.833. The summed E-state index contributed by atoms with van der Waals surface area (Å²) in [6.07, 6.45) is 0. The lowest BCUT2D eigenvalue weighted by molar-refractivity contribution is 0.0947. The summed E-state index contributed by atoms with van der Waals surface area (Å²) in [5.41, 5.74) is 1.68. The molecular weight excluding hydrogens is 308 g/mol. The summed E-state index contributed by atoms with van der Waals surface area (Å²) in [6, 6.07) is 5.64. The maximum absolute atomic E-state index is 12.0. The minimum absolute atomic E-state index is 0.0288. The fraction of sp³-hybridized carbons (Fsp3) is 0.500. The van der Waals surface area contributed by atoms with Crippen LogP contribution in [0.15, 0.2) is 22.7 Å². The summed E-state index contributed by atoms with van der Waals surface area (Å²) in [7, 11) is 3.70. The molecule has 0 aliphatic heterocycles. The molecule has 106 valence electrons. The number of halogens is 1. The molecule has 1 N–H and O–H groups in total. The normalized spacial score (nSPS) is 10.8. The molecule has 1 rings (SSSR count). The van der Waals surface area contributed by atoms with E-state index in [1.54, 1.807) is 7.11 Å². The van der Waals surface area contributed by atoms with Crippen molar-refractivity contribution in [2.45, 2.75) is 6.92 Å². The number of likely N-dealkylation sites (N-methyl/N-ethyl adjacent to an activating group) is 1. The number of carbonyl (C=O) groups excluding carboxylic acids is 1. The highest BCUT2D eigenvalue weighted by molar-refractivity contribution is 9.10. The molecule has 0 radical (unpaired) electrons. The van der Waals surface area contributed by atoms with Crippen LogP contribution < -0.4 is 5.32 Å². The van der Waals surface area contributed by atoms with E-state index >= 15 is 0 Å². The van der Waals surface area contributed by atoms with Crippen LogP contribution in [0, 0.1) is 6.92 Å². The number of carbonyl (C=O) groups is 1. The second-order valence-corrected chi connectivity index (χ2v) is 5.32. The van der Waals surface area contributed by atoms with Gasteiger partial charge in [0.05, 0.1) is 6.61 Å². The largest absolute Gasteiger partial charge is 0.383 e. The first-order chi connectivity index (χ1) is 9.06. The number of nitrogens with one attached hydrogen (secondary N) is 1. The van der Waals surface area contributed by atoms with Gasteiger partial charge in [0.2, 0.25) is 0 Å². The van der Waals surface area contributed by atoms with E-state index in [1.807, 2.05) is 32.2 Å². The van der Waals surface area contributed by atoms with Gasteiger partial charge in [0.25, 0.3) is 5.91 Å². The molecule has 0 heterocycles. The number of methoxy groups -OCH3 is 1. The molecule has 0 saturated carbocycles. The first-order valence-corrected chi connectivity index (χ1v) is 7.06. The molecule has 4 nitrogen and oxygen atoms in total. The van der Waals surface area contributed by atoms with Gasteiger partial charge in [-0.05, 0) is 31.7 Å². The SMILES string of the molecule is COCCN(C)CCNC(=O)c1cccc(Br)c1C. The third-order valence-corrected chi connectivity index (χ3v) is 3.83. The van der Waals surface area contributed by atoms with E-state index in [9.17, 15) is 4.79 Å². The lowest BCUT2D eigenvalue weighted by Crippen LogP contribution is -2.34. The van der Waals surface area contributed by atoms with Gasteiger partial charge in [0, 0.05) is 36.8 Å². The molecule has 0 aliphatic carbocycles. The van der Waals surface area contributed by atoms with Crippen molar-refractivity contribution in [3.63, 3.8) is 0 Å². The zero-order valence-electron chi connectivity index (χ0n) is 11.7. The second-order valence-electron chi connectivity index (χ2n) is 4.46. The maximum atomic E-state index is 12.0. The molecule has 1 amide bonds. The van der Waals surface area contributed by atoms with Gasteiger partial charge < -0.3 is 15.0 Å². The summed E-state index contributed by atoms with van der Waals surface area (Å²) >= 11 is 3.43. The summed E-state index contributed by atoms with van der Waals surface area (Å²) in [5.74, 6) is -0.0288. The zero-order chi connectivity index (χ0) is 14.3. The Morgan fingerprint density at radius 3 is 2.84 bits per heavy atom. The Morgan fingerprint density at radius 1 is 1.42 bits per heavy atom. The summed E-state index contributed by atoms with van der Waals surface area (Å²) < 4.78 is 5.96. The second kappa shape index (κ2) is 8.30. The Labute approximate surface area is 123 Å². The molecule has 1 aromatic rings. The Morgan fingerprint density at radius 2 is 2.16 bits per heavy atom. The topological polar surface area (TPSA) is 41.6 Å². The highest BCUT2D eigenvalue weighted by atomic mass is 79.9. The van der Waals surface area contributed by atoms with Crippen LogP contribution in [0.5, 0.6) is 0 Å². The molecule has 0 aromatic heterocycles. The molecule has 0 bridgehead atoms. The average molecular weight is 329 g/mol. The Kier molecular flexibility index (Phi) is 7.05. The van der Waals surface area contributed by atoms with Crippen molar-refractivity contribution in [1.29, 1.82) is 0 Å². The van der Waals surface area contributed by atoms with E-state index in [0.717, 1.165) is 23.1 Å². The van der Waals surface area contributed by atoms with Crippen molar-refractivity contribution in [2.75, 3.05) is 40.4 Å². The van der Waals surface area contributed by atoms with Crippen LogP contribution in [-0.4, -0.2) is 51.2 Å². The summed E-state index contributed by atoms with van der Waals surface area (Å²) in [4.78, 5) is 14.2. The van der Waals surface area contributed by atoms with E-state index in [2.05, 4.69) is 26.1 Å². The van der Waals surface area contributed by atoms with Crippen LogP contribution in [0.4, 0.5) is 0 Å². The van der Waals surface area contributed by atoms with Gasteiger partial charge in [-0.25, -0.2) is 0 Å². The fourth-order valence-electron chi connectivity index (χ4n) is 1.67. The Balaban J connectivity index is 2.41. The van der Waals surface area contributed by atoms with Gasteiger partial charge in [-0.3, -0.25) is 4.79 Å². The van der Waals surface area contributed by atoms with Crippen molar-refractivity contribution >= 4 is 21.8 Å². The van der Waals surface area contributed by atoms with Crippen LogP contribution in [0.2, 0.25) is 0 Å². The molecule has 1 aromatic carbocycles. The van der Waals surface area contributed by atoms with Crippen LogP contribution in [0.25, 0.3) is 0 Å². The number of amides is 1. The molecule has 0 aliphatic rings. The van der Waals surface area contributed by atoms with Crippen LogP contribution in [-0.2, 0) is 4.74 Å². The predicted molar refractivity (Wildman–Crippen MR) is 80.6 cm³/mol. The third kappa shape index (κ3) is 5.30. The molecule has 0 spiro atoms. The lowest BCUT2D eigenvalue weighted by atomic mass is 10.1. The molecule has 0 fully saturated rings. The van der Waals surface area contributed by atoms with E-state index in [1.165, 1.54) is 0 Å². The number of benzene rings is 1. The Bertz CT molecular complexity index is 424. The number of hydrogen-bond acceptors (Lipinski definition) is 3. The minimum Gasteiger partial charge on any atom is -0.383 e. The van der Waals surface area contributed by atoms with Crippen molar-refractivity contribution in [1.82, 2.24) is 10.2 Å². The number of nitrogens with zero attached hydrogens (tertiary/aromatic N) is 1. The van der Waals surface area contributed by atoms with Gasteiger partial charge in [-0.1, -0.05) is 22.0 Å². The first-order valence-electron chi connectivity index (χ1n) is 6.27. The molecular formula is C14H21BrN2O2. The van der Waals surface area contributed by atoms with E-state index in [4.69, 9.17) is 4.74 Å². The van der Waals surface area contributed by atoms with Gasteiger partial charge in [0.15, 0.2) is 0 Å². The first kappa shape index (κ1) is 16.1. The smallest absolute Gasteiger partial charge is 0.251 e. The monoisotopic (exact) mass is 328 g/mol. The molecule has 19 heavy (non-hydrogen) atoms. The Hall–Kier alpha value is -0.910. The molecule has 5 heteroatoms. The van der Waals surface area contributed by atoms with Crippen molar-refractivity contribution < 1.29 is 9.53 Å². The molecule has 0 atom stereocenters.